The zero-order chi connectivity index (χ0) is 18.6. The van der Waals surface area contributed by atoms with Gasteiger partial charge in [0.15, 0.2) is 0 Å². The van der Waals surface area contributed by atoms with Gasteiger partial charge in [0.1, 0.15) is 12.0 Å². The summed E-state index contributed by atoms with van der Waals surface area (Å²) in [6.45, 7) is 2.10. The third-order valence-electron chi connectivity index (χ3n) is 5.18. The molecule has 2 fully saturated rings. The maximum absolute atomic E-state index is 12.3. The van der Waals surface area contributed by atoms with Gasteiger partial charge < -0.3 is 19.4 Å². The molecule has 6 heteroatoms. The van der Waals surface area contributed by atoms with Crippen molar-refractivity contribution in [2.45, 2.75) is 31.7 Å². The van der Waals surface area contributed by atoms with Crippen LogP contribution in [0.5, 0.6) is 5.75 Å². The van der Waals surface area contributed by atoms with Gasteiger partial charge in [-0.2, -0.15) is 0 Å². The van der Waals surface area contributed by atoms with Gasteiger partial charge in [-0.15, -0.1) is 0 Å². The van der Waals surface area contributed by atoms with Crippen molar-refractivity contribution >= 4 is 11.8 Å². The molecular weight excluding hydrogens is 344 g/mol. The number of carbonyl (C=O) groups excluding carboxylic acids is 2. The van der Waals surface area contributed by atoms with Gasteiger partial charge in [-0.25, -0.2) is 0 Å². The number of likely N-dealkylation sites (tertiary alicyclic amines) is 1. The van der Waals surface area contributed by atoms with E-state index in [1.807, 2.05) is 17.0 Å². The molecule has 1 N–H and O–H groups in total. The Bertz CT molecular complexity index is 773. The highest BCUT2D eigenvalue weighted by Crippen LogP contribution is 2.22. The summed E-state index contributed by atoms with van der Waals surface area (Å²) in [6.07, 6.45) is 7.02. The van der Waals surface area contributed by atoms with Gasteiger partial charge in [0.05, 0.1) is 18.4 Å². The van der Waals surface area contributed by atoms with Crippen molar-refractivity contribution < 1.29 is 18.7 Å². The van der Waals surface area contributed by atoms with Crippen molar-refractivity contribution in [3.63, 3.8) is 0 Å². The van der Waals surface area contributed by atoms with Crippen LogP contribution in [0.15, 0.2) is 47.3 Å². The van der Waals surface area contributed by atoms with Gasteiger partial charge in [-0.3, -0.25) is 9.59 Å². The lowest BCUT2D eigenvalue weighted by atomic mass is 9.97. The number of hydrogen-bond acceptors (Lipinski definition) is 4. The largest absolute Gasteiger partial charge is 0.493 e. The molecule has 0 atom stereocenters. The van der Waals surface area contributed by atoms with Crippen molar-refractivity contribution in [2.75, 3.05) is 19.7 Å². The van der Waals surface area contributed by atoms with Crippen molar-refractivity contribution in [3.05, 3.63) is 54.0 Å². The van der Waals surface area contributed by atoms with Crippen LogP contribution < -0.4 is 10.1 Å². The lowest BCUT2D eigenvalue weighted by Gasteiger charge is -2.31. The molecule has 2 amide bonds. The number of carbonyl (C=O) groups is 2. The molecule has 27 heavy (non-hydrogen) atoms. The minimum absolute atomic E-state index is 0.0151. The molecule has 2 aromatic rings. The second-order valence-electron chi connectivity index (χ2n) is 7.33. The highest BCUT2D eigenvalue weighted by atomic mass is 16.5. The molecule has 142 valence electrons. The van der Waals surface area contributed by atoms with E-state index in [0.717, 1.165) is 44.5 Å². The number of ether oxygens (including phenoxy) is 1. The number of piperidine rings is 1. The Hall–Kier alpha value is -2.76. The van der Waals surface area contributed by atoms with Gasteiger partial charge in [-0.1, -0.05) is 0 Å². The number of benzene rings is 1. The van der Waals surface area contributed by atoms with Crippen molar-refractivity contribution in [2.24, 2.45) is 5.92 Å². The summed E-state index contributed by atoms with van der Waals surface area (Å²) in [6, 6.07) is 9.36. The van der Waals surface area contributed by atoms with Crippen LogP contribution >= 0.6 is 0 Å². The second kappa shape index (κ2) is 7.86. The van der Waals surface area contributed by atoms with Gasteiger partial charge in [0.2, 0.25) is 0 Å². The second-order valence-corrected chi connectivity index (χ2v) is 7.33. The predicted octanol–water partition coefficient (Wildman–Crippen LogP) is 3.10. The summed E-state index contributed by atoms with van der Waals surface area (Å²) in [5, 5.41) is 2.98. The summed E-state index contributed by atoms with van der Waals surface area (Å²) in [5.41, 5.74) is 1.27. The summed E-state index contributed by atoms with van der Waals surface area (Å²) >= 11 is 0. The molecule has 0 unspecified atom stereocenters. The number of furan rings is 1. The van der Waals surface area contributed by atoms with E-state index in [0.29, 0.717) is 29.7 Å². The Labute approximate surface area is 158 Å². The fourth-order valence-electron chi connectivity index (χ4n) is 3.28. The molecule has 2 aliphatic rings. The molecule has 1 saturated carbocycles. The zero-order valence-electron chi connectivity index (χ0n) is 15.2. The van der Waals surface area contributed by atoms with E-state index in [2.05, 4.69) is 5.32 Å². The Morgan fingerprint density at radius 1 is 1.04 bits per heavy atom. The highest BCUT2D eigenvalue weighted by Gasteiger charge is 2.25. The SMILES string of the molecule is O=C(NC1CC1)c1ccc(OCC2CCN(C(=O)c3ccoc3)CC2)cc1. The first kappa shape index (κ1) is 17.6. The minimum atomic E-state index is -0.0151. The van der Waals surface area contributed by atoms with Crippen LogP contribution in [0, 0.1) is 5.92 Å². The number of rotatable bonds is 6. The maximum atomic E-state index is 12.3. The number of hydrogen-bond donors (Lipinski definition) is 1. The van der Waals surface area contributed by atoms with Crippen LogP contribution in [-0.2, 0) is 0 Å². The van der Waals surface area contributed by atoms with E-state index in [-0.39, 0.29) is 11.8 Å². The predicted molar refractivity (Wildman–Crippen MR) is 99.8 cm³/mol. The fraction of sp³-hybridized carbons (Fsp3) is 0.429. The Morgan fingerprint density at radius 3 is 2.41 bits per heavy atom. The van der Waals surface area contributed by atoms with Crippen LogP contribution in [-0.4, -0.2) is 42.5 Å². The van der Waals surface area contributed by atoms with Crippen LogP contribution in [0.3, 0.4) is 0 Å². The van der Waals surface area contributed by atoms with Crippen molar-refractivity contribution in [1.29, 1.82) is 0 Å². The van der Waals surface area contributed by atoms with E-state index in [4.69, 9.17) is 9.15 Å². The Kier molecular flexibility index (Phi) is 5.14. The topological polar surface area (TPSA) is 71.8 Å². The molecule has 2 heterocycles. The van der Waals surface area contributed by atoms with Crippen LogP contribution in [0.4, 0.5) is 0 Å². The molecule has 4 rings (SSSR count). The quantitative estimate of drug-likeness (QED) is 0.850. The molecule has 1 aromatic heterocycles. The number of nitrogens with zero attached hydrogens (tertiary/aromatic N) is 1. The van der Waals surface area contributed by atoms with E-state index in [1.54, 1.807) is 18.2 Å². The molecule has 1 aliphatic carbocycles. The van der Waals surface area contributed by atoms with E-state index in [9.17, 15) is 9.59 Å². The van der Waals surface area contributed by atoms with E-state index in [1.165, 1.54) is 12.5 Å². The molecule has 1 aliphatic heterocycles. The minimum Gasteiger partial charge on any atom is -0.493 e. The molecule has 1 saturated heterocycles. The van der Waals surface area contributed by atoms with E-state index >= 15 is 0 Å². The molecular formula is C21H24N2O4. The standard InChI is InChI=1S/C21H24N2O4/c24-20(22-18-3-4-18)16-1-5-19(6-2-16)27-13-15-7-10-23(11-8-15)21(25)17-9-12-26-14-17/h1-2,5-6,9,12,14-15,18H,3-4,7-8,10-11,13H2,(H,22,24). The zero-order valence-corrected chi connectivity index (χ0v) is 15.2. The van der Waals surface area contributed by atoms with E-state index < -0.39 is 0 Å². The first-order valence-corrected chi connectivity index (χ1v) is 9.54. The molecule has 1 aromatic carbocycles. The monoisotopic (exact) mass is 368 g/mol. The number of amides is 2. The van der Waals surface area contributed by atoms with Gasteiger partial charge in [0, 0.05) is 24.7 Å². The van der Waals surface area contributed by atoms with Crippen molar-refractivity contribution in [1.82, 2.24) is 10.2 Å². The third kappa shape index (κ3) is 4.51. The summed E-state index contributed by atoms with van der Waals surface area (Å²) < 4.78 is 10.9. The van der Waals surface area contributed by atoms with Crippen molar-refractivity contribution in [3.8, 4) is 5.75 Å². The lowest BCUT2D eigenvalue weighted by molar-refractivity contribution is 0.0660. The summed E-state index contributed by atoms with van der Waals surface area (Å²) in [5.74, 6) is 1.22. The van der Waals surface area contributed by atoms with Gasteiger partial charge in [-0.05, 0) is 61.9 Å². The molecule has 0 bridgehead atoms. The van der Waals surface area contributed by atoms with Gasteiger partial charge in [0.25, 0.3) is 11.8 Å². The average Bonchev–Trinajstić information content (AvgIpc) is 3.35. The van der Waals surface area contributed by atoms with Crippen LogP contribution in [0.2, 0.25) is 0 Å². The first-order chi connectivity index (χ1) is 13.2. The summed E-state index contributed by atoms with van der Waals surface area (Å²) in [7, 11) is 0. The molecule has 0 radical (unpaired) electrons. The fourth-order valence-corrected chi connectivity index (χ4v) is 3.28. The number of nitrogens with one attached hydrogen (secondary N) is 1. The Balaban J connectivity index is 1.21. The average molecular weight is 368 g/mol. The highest BCUT2D eigenvalue weighted by molar-refractivity contribution is 5.94. The normalized spacial score (nSPS) is 17.6. The first-order valence-electron chi connectivity index (χ1n) is 9.54. The van der Waals surface area contributed by atoms with Gasteiger partial charge >= 0.3 is 0 Å². The van der Waals surface area contributed by atoms with Crippen LogP contribution in [0.1, 0.15) is 46.4 Å². The van der Waals surface area contributed by atoms with Crippen LogP contribution in [0.25, 0.3) is 0 Å². The smallest absolute Gasteiger partial charge is 0.257 e. The molecule has 0 spiro atoms. The maximum Gasteiger partial charge on any atom is 0.257 e. The Morgan fingerprint density at radius 2 is 1.78 bits per heavy atom. The lowest BCUT2D eigenvalue weighted by Crippen LogP contribution is -2.39. The third-order valence-corrected chi connectivity index (χ3v) is 5.18. The summed E-state index contributed by atoms with van der Waals surface area (Å²) in [4.78, 5) is 26.2. The molecule has 6 nitrogen and oxygen atoms in total.